The highest BCUT2D eigenvalue weighted by atomic mass is 32.2. The number of hydrogen-bond acceptors (Lipinski definition) is 4. The summed E-state index contributed by atoms with van der Waals surface area (Å²) in [5.74, 6) is 0. The number of nitrogens with one attached hydrogen (secondary N) is 2. The molecule has 0 aliphatic rings. The van der Waals surface area contributed by atoms with E-state index >= 15 is 0 Å². The summed E-state index contributed by atoms with van der Waals surface area (Å²) < 4.78 is 26.2. The number of nitrogens with zero attached hydrogens (tertiary/aromatic N) is 1. The quantitative estimate of drug-likeness (QED) is 0.861. The summed E-state index contributed by atoms with van der Waals surface area (Å²) in [5, 5.41) is 0. The van der Waals surface area contributed by atoms with Crippen molar-refractivity contribution in [3.8, 4) is 0 Å². The lowest BCUT2D eigenvalue weighted by Gasteiger charge is -2.06. The fraction of sp³-hybridized carbons (Fsp3) is 0.0909. The van der Waals surface area contributed by atoms with Crippen LogP contribution in [0.15, 0.2) is 46.5 Å². The number of rotatable bonds is 3. The van der Waals surface area contributed by atoms with E-state index in [-0.39, 0.29) is 4.90 Å². The molecule has 0 unspecified atom stereocenters. The molecule has 0 aromatic carbocycles. The highest BCUT2D eigenvalue weighted by Crippen LogP contribution is 2.11. The normalized spacial score (nSPS) is 11.2. The molecule has 94 valence electrons. The van der Waals surface area contributed by atoms with Gasteiger partial charge in [-0.05, 0) is 19.1 Å². The number of sulfonamides is 1. The summed E-state index contributed by atoms with van der Waals surface area (Å²) in [4.78, 5) is 17.7. The molecule has 2 heterocycles. The predicted molar refractivity (Wildman–Crippen MR) is 66.8 cm³/mol. The molecule has 0 atom stereocenters. The Morgan fingerprint density at radius 2 is 2.06 bits per heavy atom. The molecule has 0 saturated carbocycles. The Bertz CT molecular complexity index is 705. The van der Waals surface area contributed by atoms with Gasteiger partial charge >= 0.3 is 0 Å². The zero-order valence-electron chi connectivity index (χ0n) is 9.54. The van der Waals surface area contributed by atoms with Gasteiger partial charge in [0.25, 0.3) is 10.0 Å². The molecule has 0 aliphatic heterocycles. The minimum absolute atomic E-state index is 0.309. The van der Waals surface area contributed by atoms with E-state index in [4.69, 9.17) is 0 Å². The Morgan fingerprint density at radius 3 is 2.67 bits per heavy atom. The third-order valence-corrected chi connectivity index (χ3v) is 3.64. The summed E-state index contributed by atoms with van der Waals surface area (Å²) in [6.07, 6.45) is 3.91. The van der Waals surface area contributed by atoms with Gasteiger partial charge in [0.15, 0.2) is 4.90 Å². The first-order valence-electron chi connectivity index (χ1n) is 5.11. The number of anilines is 1. The van der Waals surface area contributed by atoms with E-state index in [9.17, 15) is 13.2 Å². The highest BCUT2D eigenvalue weighted by molar-refractivity contribution is 7.92. The molecule has 7 heteroatoms. The van der Waals surface area contributed by atoms with Gasteiger partial charge in [0.1, 0.15) is 0 Å². The molecule has 0 radical (unpaired) electrons. The molecule has 0 saturated heterocycles. The number of pyridine rings is 2. The maximum absolute atomic E-state index is 11.9. The first-order chi connectivity index (χ1) is 8.49. The lowest BCUT2D eigenvalue weighted by Crippen LogP contribution is -2.20. The minimum atomic E-state index is -3.89. The number of aromatic nitrogens is 2. The zero-order valence-corrected chi connectivity index (χ0v) is 10.4. The molecule has 0 amide bonds. The van der Waals surface area contributed by atoms with E-state index in [2.05, 4.69) is 14.7 Å². The van der Waals surface area contributed by atoms with Crippen LogP contribution in [-0.2, 0) is 10.0 Å². The third-order valence-electron chi connectivity index (χ3n) is 2.24. The van der Waals surface area contributed by atoms with Crippen molar-refractivity contribution in [2.75, 3.05) is 4.72 Å². The SMILES string of the molecule is Cc1ccc(NS(=O)(=O)c2c[nH]ccc2=O)cn1. The standard InChI is InChI=1S/C11H11N3O3S/c1-8-2-3-9(6-13-8)14-18(16,17)11-7-12-5-4-10(11)15/h2-7,14H,1H3,(H,12,15). The van der Waals surface area contributed by atoms with Crippen LogP contribution in [0.1, 0.15) is 5.69 Å². The molecule has 2 rings (SSSR count). The van der Waals surface area contributed by atoms with Crippen molar-refractivity contribution >= 4 is 15.7 Å². The van der Waals surface area contributed by atoms with Crippen LogP contribution in [0.4, 0.5) is 5.69 Å². The summed E-state index contributed by atoms with van der Waals surface area (Å²) in [5.41, 5.74) is 0.515. The molecule has 6 nitrogen and oxygen atoms in total. The molecule has 2 aromatic rings. The minimum Gasteiger partial charge on any atom is -0.366 e. The van der Waals surface area contributed by atoms with Crippen molar-refractivity contribution in [3.05, 3.63) is 52.7 Å². The Balaban J connectivity index is 2.36. The number of aryl methyl sites for hydroxylation is 1. The fourth-order valence-electron chi connectivity index (χ4n) is 1.35. The van der Waals surface area contributed by atoms with Crippen molar-refractivity contribution < 1.29 is 8.42 Å². The van der Waals surface area contributed by atoms with Crippen molar-refractivity contribution in [3.63, 3.8) is 0 Å². The second-order valence-electron chi connectivity index (χ2n) is 3.67. The number of hydrogen-bond donors (Lipinski definition) is 2. The first kappa shape index (κ1) is 12.3. The average molecular weight is 265 g/mol. The second-order valence-corrected chi connectivity index (χ2v) is 5.32. The van der Waals surface area contributed by atoms with Crippen LogP contribution in [0.2, 0.25) is 0 Å². The van der Waals surface area contributed by atoms with Gasteiger partial charge in [0.05, 0.1) is 11.9 Å². The second kappa shape index (κ2) is 4.61. The zero-order chi connectivity index (χ0) is 13.2. The van der Waals surface area contributed by atoms with Gasteiger partial charge in [-0.25, -0.2) is 8.42 Å². The van der Waals surface area contributed by atoms with Crippen LogP contribution >= 0.6 is 0 Å². The average Bonchev–Trinajstić information content (AvgIpc) is 2.32. The fourth-order valence-corrected chi connectivity index (χ4v) is 2.45. The van der Waals surface area contributed by atoms with Gasteiger partial charge in [-0.2, -0.15) is 0 Å². The number of aromatic amines is 1. The van der Waals surface area contributed by atoms with Crippen LogP contribution in [0.3, 0.4) is 0 Å². The molecule has 0 aliphatic carbocycles. The molecule has 18 heavy (non-hydrogen) atoms. The topological polar surface area (TPSA) is 91.9 Å². The van der Waals surface area contributed by atoms with Crippen LogP contribution in [0.5, 0.6) is 0 Å². The molecular formula is C11H11N3O3S. The van der Waals surface area contributed by atoms with Crippen molar-refractivity contribution in [1.29, 1.82) is 0 Å². The highest BCUT2D eigenvalue weighted by Gasteiger charge is 2.17. The summed E-state index contributed by atoms with van der Waals surface area (Å²) >= 11 is 0. The lowest BCUT2D eigenvalue weighted by molar-refractivity contribution is 0.600. The van der Waals surface area contributed by atoms with Gasteiger partial charge in [0.2, 0.25) is 5.43 Å². The van der Waals surface area contributed by atoms with E-state index in [0.717, 1.165) is 18.0 Å². The van der Waals surface area contributed by atoms with Crippen molar-refractivity contribution in [1.82, 2.24) is 9.97 Å². The number of H-pyrrole nitrogens is 1. The van der Waals surface area contributed by atoms with Crippen molar-refractivity contribution in [2.24, 2.45) is 0 Å². The van der Waals surface area contributed by atoms with Gasteiger partial charge in [-0.3, -0.25) is 14.5 Å². The largest absolute Gasteiger partial charge is 0.366 e. The Kier molecular flexibility index (Phi) is 3.15. The van der Waals surface area contributed by atoms with E-state index in [0.29, 0.717) is 5.69 Å². The van der Waals surface area contributed by atoms with Crippen LogP contribution < -0.4 is 10.2 Å². The predicted octanol–water partition coefficient (Wildman–Crippen LogP) is 0.879. The molecule has 2 N–H and O–H groups in total. The molecule has 0 spiro atoms. The molecule has 0 fully saturated rings. The van der Waals surface area contributed by atoms with E-state index < -0.39 is 15.5 Å². The summed E-state index contributed by atoms with van der Waals surface area (Å²) in [6.45, 7) is 1.79. The Labute approximate surface area is 104 Å². The van der Waals surface area contributed by atoms with Crippen LogP contribution in [0, 0.1) is 6.92 Å². The Morgan fingerprint density at radius 1 is 1.28 bits per heavy atom. The van der Waals surface area contributed by atoms with E-state index in [1.807, 2.05) is 0 Å². The molecular weight excluding hydrogens is 254 g/mol. The van der Waals surface area contributed by atoms with Crippen LogP contribution in [0.25, 0.3) is 0 Å². The summed E-state index contributed by atoms with van der Waals surface area (Å²) in [7, 11) is -3.89. The van der Waals surface area contributed by atoms with Gasteiger partial charge in [0, 0.05) is 24.2 Å². The smallest absolute Gasteiger partial charge is 0.267 e. The lowest BCUT2D eigenvalue weighted by atomic mass is 10.4. The van der Waals surface area contributed by atoms with E-state index in [1.165, 1.54) is 12.4 Å². The first-order valence-corrected chi connectivity index (χ1v) is 6.60. The van der Waals surface area contributed by atoms with Gasteiger partial charge in [-0.1, -0.05) is 0 Å². The maximum atomic E-state index is 11.9. The monoisotopic (exact) mass is 265 g/mol. The van der Waals surface area contributed by atoms with Crippen molar-refractivity contribution in [2.45, 2.75) is 11.8 Å². The van der Waals surface area contributed by atoms with Crippen LogP contribution in [-0.4, -0.2) is 18.4 Å². The Hall–Kier alpha value is -2.15. The third kappa shape index (κ3) is 2.57. The molecule has 0 bridgehead atoms. The molecule has 2 aromatic heterocycles. The maximum Gasteiger partial charge on any atom is 0.267 e. The van der Waals surface area contributed by atoms with Gasteiger partial charge < -0.3 is 4.98 Å². The van der Waals surface area contributed by atoms with Gasteiger partial charge in [-0.15, -0.1) is 0 Å². The summed E-state index contributed by atoms with van der Waals surface area (Å²) in [6, 6.07) is 4.41. The van der Waals surface area contributed by atoms with E-state index in [1.54, 1.807) is 19.1 Å².